The van der Waals surface area contributed by atoms with Gasteiger partial charge >= 0.3 is 5.97 Å². The van der Waals surface area contributed by atoms with Gasteiger partial charge in [-0.3, -0.25) is 19.7 Å². The summed E-state index contributed by atoms with van der Waals surface area (Å²) in [5.41, 5.74) is 0. The van der Waals surface area contributed by atoms with Gasteiger partial charge in [0, 0.05) is 12.8 Å². The average molecular weight is 266 g/mol. The monoisotopic (exact) mass is 265 g/mol. The molecule has 1 aliphatic heterocycles. The van der Waals surface area contributed by atoms with Crippen molar-refractivity contribution in [3.63, 3.8) is 0 Å². The molecule has 6 heteroatoms. The summed E-state index contributed by atoms with van der Waals surface area (Å²) in [5.74, 6) is -1.09. The van der Waals surface area contributed by atoms with Crippen LogP contribution in [0, 0.1) is 0 Å². The molecule has 1 atom stereocenters. The molecular weight excluding hydrogens is 254 g/mol. The van der Waals surface area contributed by atoms with Crippen molar-refractivity contribution in [1.82, 2.24) is 5.32 Å². The molecule has 5 nitrogen and oxygen atoms in total. The van der Waals surface area contributed by atoms with E-state index < -0.39 is 5.97 Å². The Hall–Kier alpha value is -0.910. The highest BCUT2D eigenvalue weighted by molar-refractivity contribution is 9.10. The average Bonchev–Trinajstić information content (AvgIpc) is 2.49. The molecule has 1 aliphatic rings. The van der Waals surface area contributed by atoms with Crippen LogP contribution < -0.4 is 5.32 Å². The predicted molar refractivity (Wildman–Crippen MR) is 53.0 cm³/mol. The third-order valence-electron chi connectivity index (χ3n) is 1.48. The number of hydrogen-bond donors (Lipinski definition) is 2. The van der Waals surface area contributed by atoms with Crippen molar-refractivity contribution in [2.24, 2.45) is 0 Å². The standard InChI is InChI=1S/C4H7BrO2.C4H5NO2/c1-2-3(5)4(6)7;6-3-1-2-4(7)5-3/h3H,2H2,1H3,(H,6,7);1-2H2,(H,5,6,7). The Morgan fingerprint density at radius 2 is 1.93 bits per heavy atom. The molecule has 0 aliphatic carbocycles. The molecule has 0 saturated carbocycles. The number of hydrogen-bond acceptors (Lipinski definition) is 3. The van der Waals surface area contributed by atoms with Crippen molar-refractivity contribution in [3.05, 3.63) is 0 Å². The van der Waals surface area contributed by atoms with Crippen LogP contribution in [-0.4, -0.2) is 27.7 Å². The van der Waals surface area contributed by atoms with Gasteiger partial charge in [0.25, 0.3) is 0 Å². The Morgan fingerprint density at radius 1 is 1.50 bits per heavy atom. The van der Waals surface area contributed by atoms with Crippen LogP contribution in [-0.2, 0) is 14.4 Å². The third kappa shape index (κ3) is 5.69. The van der Waals surface area contributed by atoms with E-state index in [0.717, 1.165) is 0 Å². The lowest BCUT2D eigenvalue weighted by Gasteiger charge is -1.94. The van der Waals surface area contributed by atoms with Crippen LogP contribution in [0.15, 0.2) is 0 Å². The summed E-state index contributed by atoms with van der Waals surface area (Å²) in [7, 11) is 0. The number of imide groups is 1. The van der Waals surface area contributed by atoms with E-state index in [-0.39, 0.29) is 16.6 Å². The second-order valence-corrected chi connectivity index (χ2v) is 3.79. The lowest BCUT2D eigenvalue weighted by atomic mass is 10.3. The van der Waals surface area contributed by atoms with Gasteiger partial charge in [0.1, 0.15) is 4.83 Å². The second kappa shape index (κ2) is 6.53. The molecule has 0 spiro atoms. The summed E-state index contributed by atoms with van der Waals surface area (Å²) >= 11 is 2.94. The molecule has 0 aromatic heterocycles. The van der Waals surface area contributed by atoms with E-state index in [4.69, 9.17) is 5.11 Å². The number of carboxylic acid groups (broad SMARTS) is 1. The van der Waals surface area contributed by atoms with E-state index in [0.29, 0.717) is 19.3 Å². The fraction of sp³-hybridized carbons (Fsp3) is 0.625. The molecule has 0 radical (unpaired) electrons. The van der Waals surface area contributed by atoms with Gasteiger partial charge in [0.05, 0.1) is 0 Å². The molecule has 1 unspecified atom stereocenters. The normalized spacial score (nSPS) is 16.7. The molecule has 1 heterocycles. The summed E-state index contributed by atoms with van der Waals surface area (Å²) in [6.07, 6.45) is 1.38. The van der Waals surface area contributed by atoms with Gasteiger partial charge in [-0.25, -0.2) is 0 Å². The highest BCUT2D eigenvalue weighted by Crippen LogP contribution is 2.02. The molecular formula is C8H12BrNO4. The van der Waals surface area contributed by atoms with Crippen LogP contribution in [0.5, 0.6) is 0 Å². The quantitative estimate of drug-likeness (QED) is 0.568. The molecule has 1 saturated heterocycles. The van der Waals surface area contributed by atoms with E-state index in [1.165, 1.54) is 0 Å². The van der Waals surface area contributed by atoms with Crippen LogP contribution in [0.25, 0.3) is 0 Å². The number of nitrogens with one attached hydrogen (secondary N) is 1. The van der Waals surface area contributed by atoms with Gasteiger partial charge < -0.3 is 5.11 Å². The van der Waals surface area contributed by atoms with Crippen LogP contribution in [0.1, 0.15) is 26.2 Å². The molecule has 2 amide bonds. The van der Waals surface area contributed by atoms with Gasteiger partial charge in [0.15, 0.2) is 0 Å². The lowest BCUT2D eigenvalue weighted by molar-refractivity contribution is -0.136. The minimum atomic E-state index is -0.789. The van der Waals surface area contributed by atoms with Crippen LogP contribution in [0.2, 0.25) is 0 Å². The maximum atomic E-state index is 10.1. The number of aliphatic carboxylic acids is 1. The second-order valence-electron chi connectivity index (χ2n) is 2.69. The van der Waals surface area contributed by atoms with Gasteiger partial charge in [-0.15, -0.1) is 0 Å². The zero-order valence-corrected chi connectivity index (χ0v) is 9.33. The number of halogens is 1. The SMILES string of the molecule is CCC(Br)C(=O)O.O=C1CCC(=O)N1. The van der Waals surface area contributed by atoms with Crippen LogP contribution in [0.3, 0.4) is 0 Å². The summed E-state index contributed by atoms with van der Waals surface area (Å²) in [6, 6.07) is 0. The van der Waals surface area contributed by atoms with Crippen molar-refractivity contribution in [1.29, 1.82) is 0 Å². The van der Waals surface area contributed by atoms with E-state index in [1.54, 1.807) is 0 Å². The number of carbonyl (C=O) groups excluding carboxylic acids is 2. The van der Waals surface area contributed by atoms with Crippen LogP contribution in [0.4, 0.5) is 0 Å². The zero-order chi connectivity index (χ0) is 11.1. The van der Waals surface area contributed by atoms with Gasteiger partial charge in [-0.2, -0.15) is 0 Å². The predicted octanol–water partition coefficient (Wildman–Crippen LogP) is 0.667. The first-order valence-corrected chi connectivity index (χ1v) is 5.08. The van der Waals surface area contributed by atoms with Crippen molar-refractivity contribution >= 4 is 33.7 Å². The summed E-state index contributed by atoms with van der Waals surface area (Å²) in [5, 5.41) is 10.3. The summed E-state index contributed by atoms with van der Waals surface area (Å²) in [4.78, 5) is 29.8. The van der Waals surface area contributed by atoms with Gasteiger partial charge in [-0.05, 0) is 6.42 Å². The molecule has 14 heavy (non-hydrogen) atoms. The molecule has 0 bridgehead atoms. The highest BCUT2D eigenvalue weighted by atomic mass is 79.9. The number of rotatable bonds is 2. The van der Waals surface area contributed by atoms with Crippen molar-refractivity contribution in [2.45, 2.75) is 31.0 Å². The third-order valence-corrected chi connectivity index (χ3v) is 2.52. The Kier molecular flexibility index (Phi) is 6.11. The van der Waals surface area contributed by atoms with Gasteiger partial charge in [-0.1, -0.05) is 22.9 Å². The smallest absolute Gasteiger partial charge is 0.317 e. The first-order chi connectivity index (χ1) is 6.47. The molecule has 0 aromatic carbocycles. The molecule has 2 N–H and O–H groups in total. The first kappa shape index (κ1) is 13.1. The minimum Gasteiger partial charge on any atom is -0.480 e. The zero-order valence-electron chi connectivity index (χ0n) is 7.75. The maximum absolute atomic E-state index is 10.1. The molecule has 1 rings (SSSR count). The largest absolute Gasteiger partial charge is 0.480 e. The maximum Gasteiger partial charge on any atom is 0.317 e. The number of carboxylic acids is 1. The first-order valence-electron chi connectivity index (χ1n) is 4.17. The van der Waals surface area contributed by atoms with Gasteiger partial charge in [0.2, 0.25) is 11.8 Å². The van der Waals surface area contributed by atoms with E-state index in [9.17, 15) is 14.4 Å². The minimum absolute atomic E-state index is 0.148. The van der Waals surface area contributed by atoms with E-state index in [2.05, 4.69) is 21.2 Å². The number of amides is 2. The number of carbonyl (C=O) groups is 3. The van der Waals surface area contributed by atoms with Crippen LogP contribution >= 0.6 is 15.9 Å². The fourth-order valence-electron chi connectivity index (χ4n) is 0.682. The molecule has 80 valence electrons. The summed E-state index contributed by atoms with van der Waals surface area (Å²) in [6.45, 7) is 1.81. The highest BCUT2D eigenvalue weighted by Gasteiger charge is 2.15. The van der Waals surface area contributed by atoms with Crippen molar-refractivity contribution < 1.29 is 19.5 Å². The molecule has 0 aromatic rings. The Labute approximate surface area is 90.0 Å². The topological polar surface area (TPSA) is 83.5 Å². The lowest BCUT2D eigenvalue weighted by Crippen LogP contribution is -2.18. The molecule has 1 fully saturated rings. The Bertz CT molecular complexity index is 227. The Morgan fingerprint density at radius 3 is 2.00 bits per heavy atom. The van der Waals surface area contributed by atoms with E-state index >= 15 is 0 Å². The number of alkyl halides is 1. The van der Waals surface area contributed by atoms with Crippen molar-refractivity contribution in [3.8, 4) is 0 Å². The Balaban J connectivity index is 0.000000241. The fourth-order valence-corrected chi connectivity index (χ4v) is 0.682. The summed E-state index contributed by atoms with van der Waals surface area (Å²) < 4.78 is 0. The van der Waals surface area contributed by atoms with E-state index in [1.807, 2.05) is 6.92 Å². The van der Waals surface area contributed by atoms with Crippen molar-refractivity contribution in [2.75, 3.05) is 0 Å².